The van der Waals surface area contributed by atoms with Gasteiger partial charge < -0.3 is 14.6 Å². The standard InChI is InChI=1S/C34H37FO4/c1-20-31(32(36)37)34(20)15-13-22-8-9-24(18-29(22)34)39-19-21-7-11-25(27-17-23(38-4)10-12-30(27)35)26(16-21)28-6-5-14-33(28,2)3/h7-12,16-18,20,28,31H,5-6,13-15,19H2,1-4H3,(H,36,37)/t20-,28+,31-,34+/m1/s1. The molecule has 3 aromatic carbocycles. The minimum Gasteiger partial charge on any atom is -0.497 e. The molecule has 204 valence electrons. The van der Waals surface area contributed by atoms with Crippen LogP contribution in [0.15, 0.2) is 54.6 Å². The van der Waals surface area contributed by atoms with Crippen molar-refractivity contribution in [3.05, 3.63) is 82.7 Å². The lowest BCUT2D eigenvalue weighted by Crippen LogP contribution is -2.17. The average Bonchev–Trinajstić information content (AvgIpc) is 3.15. The zero-order chi connectivity index (χ0) is 27.5. The van der Waals surface area contributed by atoms with Crippen molar-refractivity contribution in [3.8, 4) is 22.6 Å². The number of aryl methyl sites for hydroxylation is 1. The van der Waals surface area contributed by atoms with E-state index in [1.807, 2.05) is 18.2 Å². The van der Waals surface area contributed by atoms with Crippen molar-refractivity contribution < 1.29 is 23.8 Å². The summed E-state index contributed by atoms with van der Waals surface area (Å²) in [5.74, 6) is 0.616. The number of ether oxygens (including phenoxy) is 2. The maximum absolute atomic E-state index is 15.1. The molecule has 6 rings (SSSR count). The van der Waals surface area contributed by atoms with Gasteiger partial charge in [0.2, 0.25) is 0 Å². The second kappa shape index (κ2) is 9.39. The molecule has 3 aromatic rings. The highest BCUT2D eigenvalue weighted by atomic mass is 19.1. The summed E-state index contributed by atoms with van der Waals surface area (Å²) in [7, 11) is 1.60. The van der Waals surface area contributed by atoms with Gasteiger partial charge in [-0.05, 0) is 101 Å². The summed E-state index contributed by atoms with van der Waals surface area (Å²) in [6, 6.07) is 17.3. The van der Waals surface area contributed by atoms with E-state index in [1.54, 1.807) is 19.2 Å². The molecule has 0 saturated heterocycles. The molecule has 3 aliphatic carbocycles. The zero-order valence-electron chi connectivity index (χ0n) is 23.2. The van der Waals surface area contributed by atoms with Gasteiger partial charge in [0, 0.05) is 11.0 Å². The monoisotopic (exact) mass is 528 g/mol. The Morgan fingerprint density at radius 3 is 2.51 bits per heavy atom. The van der Waals surface area contributed by atoms with Crippen molar-refractivity contribution in [2.45, 2.75) is 70.8 Å². The van der Waals surface area contributed by atoms with Gasteiger partial charge in [-0.2, -0.15) is 0 Å². The number of halogens is 1. The highest BCUT2D eigenvalue weighted by Crippen LogP contribution is 2.66. The third-order valence-corrected chi connectivity index (χ3v) is 10.0. The van der Waals surface area contributed by atoms with Crippen LogP contribution in [-0.2, 0) is 23.2 Å². The largest absolute Gasteiger partial charge is 0.497 e. The molecule has 3 aliphatic rings. The molecule has 0 bridgehead atoms. The van der Waals surface area contributed by atoms with Gasteiger partial charge in [0.1, 0.15) is 23.9 Å². The minimum atomic E-state index is -0.698. The number of carboxylic acids is 1. The number of carbonyl (C=O) groups is 1. The summed E-state index contributed by atoms with van der Waals surface area (Å²) < 4.78 is 26.8. The first-order valence-electron chi connectivity index (χ1n) is 14.1. The summed E-state index contributed by atoms with van der Waals surface area (Å²) in [5.41, 5.74) is 5.95. The molecule has 0 aliphatic heterocycles. The molecule has 5 heteroatoms. The van der Waals surface area contributed by atoms with Crippen LogP contribution in [0.3, 0.4) is 0 Å². The summed E-state index contributed by atoms with van der Waals surface area (Å²) in [5, 5.41) is 9.74. The molecule has 2 fully saturated rings. The first-order valence-corrected chi connectivity index (χ1v) is 14.1. The van der Waals surface area contributed by atoms with Gasteiger partial charge in [0.15, 0.2) is 0 Å². The average molecular weight is 529 g/mol. The number of carboxylic acid groups (broad SMARTS) is 1. The van der Waals surface area contributed by atoms with Gasteiger partial charge in [-0.15, -0.1) is 0 Å². The summed E-state index contributed by atoms with van der Waals surface area (Å²) >= 11 is 0. The molecule has 2 saturated carbocycles. The first kappa shape index (κ1) is 25.9. The Morgan fingerprint density at radius 1 is 1.03 bits per heavy atom. The first-order chi connectivity index (χ1) is 18.7. The maximum atomic E-state index is 15.1. The lowest BCUT2D eigenvalue weighted by atomic mass is 9.75. The predicted octanol–water partition coefficient (Wildman–Crippen LogP) is 7.91. The Kier molecular flexibility index (Phi) is 6.24. The van der Waals surface area contributed by atoms with Crippen LogP contribution in [0.25, 0.3) is 11.1 Å². The number of hydrogen-bond acceptors (Lipinski definition) is 3. The van der Waals surface area contributed by atoms with Gasteiger partial charge in [0.25, 0.3) is 0 Å². The highest BCUT2D eigenvalue weighted by molar-refractivity contribution is 5.79. The second-order valence-electron chi connectivity index (χ2n) is 12.5. The fourth-order valence-electron chi connectivity index (χ4n) is 7.78. The molecule has 0 amide bonds. The zero-order valence-corrected chi connectivity index (χ0v) is 23.2. The lowest BCUT2D eigenvalue weighted by molar-refractivity contribution is -0.139. The smallest absolute Gasteiger partial charge is 0.307 e. The lowest BCUT2D eigenvalue weighted by Gasteiger charge is -2.30. The molecule has 4 atom stereocenters. The van der Waals surface area contributed by atoms with Crippen LogP contribution in [0.1, 0.15) is 74.6 Å². The van der Waals surface area contributed by atoms with E-state index in [2.05, 4.69) is 39.0 Å². The van der Waals surface area contributed by atoms with Crippen LogP contribution in [0, 0.1) is 23.1 Å². The Balaban J connectivity index is 1.31. The van der Waals surface area contributed by atoms with Crippen LogP contribution in [0.5, 0.6) is 11.5 Å². The SMILES string of the molecule is COc1ccc(F)c(-c2ccc(COc3ccc4c(c3)[C@]3(CC4)[C@H](C)[C@@H]3C(=O)O)cc2[C@@H]2CCCC2(C)C)c1. The fraction of sp³-hybridized carbons (Fsp3) is 0.441. The van der Waals surface area contributed by atoms with Gasteiger partial charge in [-0.1, -0.05) is 51.5 Å². The van der Waals surface area contributed by atoms with Crippen molar-refractivity contribution in [2.24, 2.45) is 17.3 Å². The van der Waals surface area contributed by atoms with E-state index in [-0.39, 0.29) is 28.5 Å². The molecule has 4 nitrogen and oxygen atoms in total. The van der Waals surface area contributed by atoms with E-state index in [4.69, 9.17) is 9.47 Å². The van der Waals surface area contributed by atoms with Crippen molar-refractivity contribution in [3.63, 3.8) is 0 Å². The third kappa shape index (κ3) is 4.21. The van der Waals surface area contributed by atoms with Crippen LogP contribution in [0.4, 0.5) is 4.39 Å². The molecule has 0 unspecified atom stereocenters. The van der Waals surface area contributed by atoms with Crippen molar-refractivity contribution >= 4 is 5.97 Å². The van der Waals surface area contributed by atoms with Crippen molar-refractivity contribution in [2.75, 3.05) is 7.11 Å². The topological polar surface area (TPSA) is 55.8 Å². The Labute approximate surface area is 230 Å². The van der Waals surface area contributed by atoms with Crippen molar-refractivity contribution in [1.82, 2.24) is 0 Å². The van der Waals surface area contributed by atoms with E-state index in [1.165, 1.54) is 11.6 Å². The van der Waals surface area contributed by atoms with Crippen molar-refractivity contribution in [1.29, 1.82) is 0 Å². The predicted molar refractivity (Wildman–Crippen MR) is 150 cm³/mol. The minimum absolute atomic E-state index is 0.125. The van der Waals surface area contributed by atoms with Crippen LogP contribution < -0.4 is 9.47 Å². The van der Waals surface area contributed by atoms with E-state index in [9.17, 15) is 9.90 Å². The molecule has 0 radical (unpaired) electrons. The summed E-state index contributed by atoms with van der Waals surface area (Å²) in [6.07, 6.45) is 5.20. The number of benzene rings is 3. The third-order valence-electron chi connectivity index (χ3n) is 10.0. The molecule has 1 spiro atoms. The second-order valence-corrected chi connectivity index (χ2v) is 12.5. The highest BCUT2D eigenvalue weighted by Gasteiger charge is 2.68. The number of rotatable bonds is 7. The Hall–Kier alpha value is -3.34. The number of aliphatic carboxylic acids is 1. The maximum Gasteiger partial charge on any atom is 0.307 e. The molecule has 0 aromatic heterocycles. The van der Waals surface area contributed by atoms with E-state index in [0.29, 0.717) is 23.8 Å². The molecule has 0 heterocycles. The summed E-state index contributed by atoms with van der Waals surface area (Å²) in [6.45, 7) is 7.07. The molecule has 1 N–H and O–H groups in total. The van der Waals surface area contributed by atoms with Gasteiger partial charge >= 0.3 is 5.97 Å². The van der Waals surface area contributed by atoms with E-state index in [0.717, 1.165) is 60.1 Å². The van der Waals surface area contributed by atoms with E-state index >= 15 is 4.39 Å². The van der Waals surface area contributed by atoms with E-state index < -0.39 is 5.97 Å². The number of fused-ring (bicyclic) bond motifs is 2. The fourth-order valence-corrected chi connectivity index (χ4v) is 7.78. The van der Waals surface area contributed by atoms with Crippen LogP contribution >= 0.6 is 0 Å². The van der Waals surface area contributed by atoms with Gasteiger partial charge in [-0.25, -0.2) is 4.39 Å². The van der Waals surface area contributed by atoms with Gasteiger partial charge in [0.05, 0.1) is 13.0 Å². The Bertz CT molecular complexity index is 1440. The van der Waals surface area contributed by atoms with Crippen LogP contribution in [-0.4, -0.2) is 18.2 Å². The molecular weight excluding hydrogens is 491 g/mol. The number of hydrogen-bond donors (Lipinski definition) is 1. The normalized spacial score (nSPS) is 26.4. The quantitative estimate of drug-likeness (QED) is 0.339. The Morgan fingerprint density at radius 2 is 1.82 bits per heavy atom. The molecular formula is C34H37FO4. The summed E-state index contributed by atoms with van der Waals surface area (Å²) in [4.78, 5) is 11.9. The van der Waals surface area contributed by atoms with Gasteiger partial charge in [-0.3, -0.25) is 4.79 Å². The number of methoxy groups -OCH3 is 1. The molecule has 39 heavy (non-hydrogen) atoms. The van der Waals surface area contributed by atoms with Crippen LogP contribution in [0.2, 0.25) is 0 Å².